The molecule has 7 nitrogen and oxygen atoms in total. The summed E-state index contributed by atoms with van der Waals surface area (Å²) in [7, 11) is 0. The standard InChI is InChI=1S/C15H26F3N7/c1-3-13-23-21-11-25(13)8-6-20-14(19-4-2)22-12-5-7-24(9-12)10-15(16,17)18/h11-12H,3-10H2,1-2H3,(H2,19,20,22). The Morgan fingerprint density at radius 2 is 2.20 bits per heavy atom. The zero-order valence-electron chi connectivity index (χ0n) is 14.7. The van der Waals surface area contributed by atoms with Crippen molar-refractivity contribution in [3.05, 3.63) is 12.2 Å². The molecule has 1 aliphatic heterocycles. The maximum absolute atomic E-state index is 12.5. The third-order valence-electron chi connectivity index (χ3n) is 3.98. The molecule has 2 N–H and O–H groups in total. The summed E-state index contributed by atoms with van der Waals surface area (Å²) in [5.74, 6) is 1.54. The molecule has 1 aromatic rings. The predicted molar refractivity (Wildman–Crippen MR) is 89.4 cm³/mol. The van der Waals surface area contributed by atoms with Crippen LogP contribution in [0.25, 0.3) is 0 Å². The number of alkyl halides is 3. The molecule has 0 saturated carbocycles. The van der Waals surface area contributed by atoms with Crippen molar-refractivity contribution >= 4 is 5.96 Å². The highest BCUT2D eigenvalue weighted by molar-refractivity contribution is 5.80. The van der Waals surface area contributed by atoms with Crippen LogP contribution in [0.5, 0.6) is 0 Å². The SMILES string of the molecule is CCNC(=NCCn1cnnc1CC)NC1CCN(CC(F)(F)F)C1. The number of aryl methyl sites for hydroxylation is 1. The first kappa shape index (κ1) is 19.5. The maximum Gasteiger partial charge on any atom is 0.401 e. The van der Waals surface area contributed by atoms with Crippen LogP contribution in [0, 0.1) is 0 Å². The Labute approximate surface area is 145 Å². The van der Waals surface area contributed by atoms with Crippen molar-refractivity contribution in [2.75, 3.05) is 32.7 Å². The van der Waals surface area contributed by atoms with Crippen LogP contribution in [0.1, 0.15) is 26.1 Å². The van der Waals surface area contributed by atoms with E-state index < -0.39 is 12.7 Å². The second kappa shape index (κ2) is 9.02. The van der Waals surface area contributed by atoms with Gasteiger partial charge in [0.15, 0.2) is 5.96 Å². The molecule has 2 rings (SSSR count). The first-order valence-electron chi connectivity index (χ1n) is 8.62. The Morgan fingerprint density at radius 3 is 2.88 bits per heavy atom. The minimum atomic E-state index is -4.15. The summed E-state index contributed by atoms with van der Waals surface area (Å²) in [6, 6.07) is -0.0266. The van der Waals surface area contributed by atoms with Crippen molar-refractivity contribution in [3.63, 3.8) is 0 Å². The van der Waals surface area contributed by atoms with Gasteiger partial charge in [-0.15, -0.1) is 10.2 Å². The van der Waals surface area contributed by atoms with Gasteiger partial charge in [-0.25, -0.2) is 0 Å². The van der Waals surface area contributed by atoms with Crippen LogP contribution in [0.15, 0.2) is 11.3 Å². The lowest BCUT2D eigenvalue weighted by molar-refractivity contribution is -0.143. The number of hydrogen-bond acceptors (Lipinski definition) is 4. The van der Waals surface area contributed by atoms with E-state index in [-0.39, 0.29) is 6.04 Å². The minimum absolute atomic E-state index is 0.0266. The van der Waals surface area contributed by atoms with Crippen LogP contribution >= 0.6 is 0 Å². The lowest BCUT2D eigenvalue weighted by atomic mass is 10.3. The zero-order valence-corrected chi connectivity index (χ0v) is 14.7. The number of hydrogen-bond donors (Lipinski definition) is 2. The molecule has 1 aliphatic rings. The van der Waals surface area contributed by atoms with Crippen LogP contribution in [-0.4, -0.2) is 70.6 Å². The summed E-state index contributed by atoms with van der Waals surface area (Å²) in [6.07, 6.45) is -0.991. The van der Waals surface area contributed by atoms with Gasteiger partial charge in [0, 0.05) is 38.6 Å². The molecule has 25 heavy (non-hydrogen) atoms. The Kier molecular flexibility index (Phi) is 7.03. The molecule has 0 aromatic carbocycles. The molecule has 0 spiro atoms. The molecule has 1 aromatic heterocycles. The molecular weight excluding hydrogens is 335 g/mol. The number of nitrogens with one attached hydrogen (secondary N) is 2. The number of rotatable bonds is 7. The Balaban J connectivity index is 1.84. The first-order valence-corrected chi connectivity index (χ1v) is 8.62. The Hall–Kier alpha value is -1.84. The monoisotopic (exact) mass is 361 g/mol. The van der Waals surface area contributed by atoms with E-state index in [1.807, 2.05) is 18.4 Å². The van der Waals surface area contributed by atoms with E-state index in [9.17, 15) is 13.2 Å². The van der Waals surface area contributed by atoms with Crippen LogP contribution < -0.4 is 10.6 Å². The minimum Gasteiger partial charge on any atom is -0.357 e. The topological polar surface area (TPSA) is 70.4 Å². The van der Waals surface area contributed by atoms with Gasteiger partial charge in [-0.05, 0) is 13.3 Å². The average Bonchev–Trinajstić information content (AvgIpc) is 3.15. The molecular formula is C15H26F3N7. The van der Waals surface area contributed by atoms with E-state index in [1.54, 1.807) is 6.33 Å². The number of nitrogens with zero attached hydrogens (tertiary/aromatic N) is 5. The van der Waals surface area contributed by atoms with Crippen molar-refractivity contribution in [2.45, 2.75) is 45.5 Å². The average molecular weight is 361 g/mol. The molecule has 1 fully saturated rings. The Bertz CT molecular complexity index is 556. The van der Waals surface area contributed by atoms with E-state index in [0.29, 0.717) is 45.1 Å². The summed E-state index contributed by atoms with van der Waals surface area (Å²) in [5, 5.41) is 14.3. The van der Waals surface area contributed by atoms with Crippen molar-refractivity contribution in [1.82, 2.24) is 30.3 Å². The van der Waals surface area contributed by atoms with Crippen LogP contribution in [0.2, 0.25) is 0 Å². The molecule has 142 valence electrons. The van der Waals surface area contributed by atoms with Gasteiger partial charge in [-0.3, -0.25) is 9.89 Å². The van der Waals surface area contributed by atoms with Gasteiger partial charge in [0.25, 0.3) is 0 Å². The van der Waals surface area contributed by atoms with E-state index in [4.69, 9.17) is 0 Å². The lowest BCUT2D eigenvalue weighted by Gasteiger charge is -2.19. The number of aliphatic imine (C=N–C) groups is 1. The summed E-state index contributed by atoms with van der Waals surface area (Å²) >= 11 is 0. The van der Waals surface area contributed by atoms with Gasteiger partial charge in [0.1, 0.15) is 12.2 Å². The normalized spacial score (nSPS) is 19.4. The third-order valence-corrected chi connectivity index (χ3v) is 3.98. The predicted octanol–water partition coefficient (Wildman–Crippen LogP) is 1.03. The summed E-state index contributed by atoms with van der Waals surface area (Å²) in [5.41, 5.74) is 0. The molecule has 10 heteroatoms. The van der Waals surface area contributed by atoms with Gasteiger partial charge in [0.2, 0.25) is 0 Å². The molecule has 0 amide bonds. The van der Waals surface area contributed by atoms with Gasteiger partial charge in [-0.1, -0.05) is 6.92 Å². The van der Waals surface area contributed by atoms with Crippen molar-refractivity contribution in [1.29, 1.82) is 0 Å². The summed E-state index contributed by atoms with van der Waals surface area (Å²) < 4.78 is 39.4. The molecule has 2 heterocycles. The number of guanidine groups is 1. The van der Waals surface area contributed by atoms with Crippen LogP contribution in [-0.2, 0) is 13.0 Å². The molecule has 1 saturated heterocycles. The number of likely N-dealkylation sites (tertiary alicyclic amines) is 1. The van der Waals surface area contributed by atoms with E-state index in [1.165, 1.54) is 4.90 Å². The van der Waals surface area contributed by atoms with E-state index in [0.717, 1.165) is 12.2 Å². The smallest absolute Gasteiger partial charge is 0.357 e. The fourth-order valence-corrected chi connectivity index (χ4v) is 2.87. The highest BCUT2D eigenvalue weighted by atomic mass is 19.4. The molecule has 0 aliphatic carbocycles. The second-order valence-electron chi connectivity index (χ2n) is 6.04. The Morgan fingerprint density at radius 1 is 1.40 bits per heavy atom. The third kappa shape index (κ3) is 6.52. The molecule has 1 atom stereocenters. The van der Waals surface area contributed by atoms with Gasteiger partial charge in [0.05, 0.1) is 13.1 Å². The quantitative estimate of drug-likeness (QED) is 0.561. The number of aromatic nitrogens is 3. The van der Waals surface area contributed by atoms with Crippen molar-refractivity contribution in [3.8, 4) is 0 Å². The molecule has 0 radical (unpaired) electrons. The van der Waals surface area contributed by atoms with Gasteiger partial charge >= 0.3 is 6.18 Å². The lowest BCUT2D eigenvalue weighted by Crippen LogP contribution is -2.45. The van der Waals surface area contributed by atoms with Gasteiger partial charge in [-0.2, -0.15) is 13.2 Å². The van der Waals surface area contributed by atoms with Crippen molar-refractivity contribution in [2.24, 2.45) is 4.99 Å². The fourth-order valence-electron chi connectivity index (χ4n) is 2.87. The largest absolute Gasteiger partial charge is 0.401 e. The second-order valence-corrected chi connectivity index (χ2v) is 6.04. The van der Waals surface area contributed by atoms with Gasteiger partial charge < -0.3 is 15.2 Å². The zero-order chi connectivity index (χ0) is 18.3. The molecule has 1 unspecified atom stereocenters. The van der Waals surface area contributed by atoms with E-state index in [2.05, 4.69) is 25.8 Å². The summed E-state index contributed by atoms with van der Waals surface area (Å²) in [4.78, 5) is 5.93. The highest BCUT2D eigenvalue weighted by Crippen LogP contribution is 2.19. The van der Waals surface area contributed by atoms with E-state index >= 15 is 0 Å². The highest BCUT2D eigenvalue weighted by Gasteiger charge is 2.34. The maximum atomic E-state index is 12.5. The van der Waals surface area contributed by atoms with Crippen LogP contribution in [0.4, 0.5) is 13.2 Å². The summed E-state index contributed by atoms with van der Waals surface area (Å²) in [6.45, 7) is 5.83. The molecule has 0 bridgehead atoms. The number of halogens is 3. The fraction of sp³-hybridized carbons (Fsp3) is 0.800. The van der Waals surface area contributed by atoms with Crippen molar-refractivity contribution < 1.29 is 13.2 Å². The van der Waals surface area contributed by atoms with Crippen LogP contribution in [0.3, 0.4) is 0 Å². The first-order chi connectivity index (χ1) is 11.9.